The number of aromatic nitrogens is 2. The molecule has 0 aliphatic heterocycles. The molecule has 36 heavy (non-hydrogen) atoms. The van der Waals surface area contributed by atoms with Crippen molar-refractivity contribution in [2.45, 2.75) is 65.6 Å². The molecule has 0 bridgehead atoms. The highest BCUT2D eigenvalue weighted by molar-refractivity contribution is 6.32. The van der Waals surface area contributed by atoms with Crippen LogP contribution < -0.4 is 10.1 Å². The van der Waals surface area contributed by atoms with E-state index in [1.54, 1.807) is 18.2 Å². The molecule has 2 N–H and O–H groups in total. The number of ketones is 1. The minimum absolute atomic E-state index is 0.0225. The first kappa shape index (κ1) is 27.4. The normalized spacial score (nSPS) is 12.0. The second kappa shape index (κ2) is 12.7. The van der Waals surface area contributed by atoms with Gasteiger partial charge in [0.1, 0.15) is 5.75 Å². The van der Waals surface area contributed by atoms with Crippen molar-refractivity contribution in [1.82, 2.24) is 14.9 Å². The molecule has 3 rings (SSSR count). The molecule has 0 saturated carbocycles. The Morgan fingerprint density at radius 3 is 2.47 bits per heavy atom. The molecule has 2 aromatic carbocycles. The first-order chi connectivity index (χ1) is 17.2. The van der Waals surface area contributed by atoms with Crippen LogP contribution in [0.15, 0.2) is 48.7 Å². The van der Waals surface area contributed by atoms with Crippen molar-refractivity contribution in [2.75, 3.05) is 6.61 Å². The van der Waals surface area contributed by atoms with Gasteiger partial charge in [-0.3, -0.25) is 9.59 Å². The van der Waals surface area contributed by atoms with Crippen molar-refractivity contribution in [1.29, 1.82) is 0 Å². The molecule has 8 heteroatoms. The molecule has 1 heterocycles. The number of nitrogens with zero attached hydrogens (tertiary/aromatic N) is 2. The van der Waals surface area contributed by atoms with Crippen molar-refractivity contribution >= 4 is 23.3 Å². The van der Waals surface area contributed by atoms with Gasteiger partial charge in [-0.1, -0.05) is 42.8 Å². The largest absolute Gasteiger partial charge is 0.489 e. The van der Waals surface area contributed by atoms with Crippen LogP contribution in [-0.2, 0) is 13.0 Å². The van der Waals surface area contributed by atoms with Gasteiger partial charge in [0.05, 0.1) is 16.8 Å². The summed E-state index contributed by atoms with van der Waals surface area (Å²) in [5.41, 5.74) is 3.11. The summed E-state index contributed by atoms with van der Waals surface area (Å²) >= 11 is 6.29. The van der Waals surface area contributed by atoms with Crippen LogP contribution in [0.3, 0.4) is 0 Å². The standard InChI is InChI=1S/C28H34ClN3O4/c1-5-13-32-17-25(31-27(32)19(4)34)21-8-6-20(7-9-21)15-23(12-14-33)30-28(35)22-10-11-26(24(29)16-22)36-18(2)3/h6-11,16-18,23,33H,5,12-15H2,1-4H3,(H,30,35)/t23-/m1/s1. The molecule has 0 radical (unpaired) electrons. The third kappa shape index (κ3) is 7.18. The molecule has 0 aliphatic rings. The Hall–Kier alpha value is -3.16. The molecule has 0 aliphatic carbocycles. The number of rotatable bonds is 12. The van der Waals surface area contributed by atoms with E-state index >= 15 is 0 Å². The van der Waals surface area contributed by atoms with Crippen molar-refractivity contribution in [3.8, 4) is 17.0 Å². The van der Waals surface area contributed by atoms with Gasteiger partial charge in [-0.15, -0.1) is 0 Å². The minimum Gasteiger partial charge on any atom is -0.489 e. The van der Waals surface area contributed by atoms with Crippen LogP contribution in [0, 0.1) is 0 Å². The van der Waals surface area contributed by atoms with Crippen molar-refractivity contribution in [2.24, 2.45) is 0 Å². The quantitative estimate of drug-likeness (QED) is 0.321. The molecule has 1 atom stereocenters. The minimum atomic E-state index is -0.263. The number of hydrogen-bond acceptors (Lipinski definition) is 5. The van der Waals surface area contributed by atoms with E-state index < -0.39 is 0 Å². The van der Waals surface area contributed by atoms with Gasteiger partial charge in [0, 0.05) is 43.4 Å². The monoisotopic (exact) mass is 511 g/mol. The fraction of sp³-hybridized carbons (Fsp3) is 0.393. The fourth-order valence-corrected chi connectivity index (χ4v) is 4.21. The number of hydrogen-bond donors (Lipinski definition) is 2. The van der Waals surface area contributed by atoms with E-state index in [0.717, 1.165) is 29.8 Å². The van der Waals surface area contributed by atoms with E-state index in [2.05, 4.69) is 17.2 Å². The lowest BCUT2D eigenvalue weighted by molar-refractivity contribution is 0.0929. The van der Waals surface area contributed by atoms with Crippen molar-refractivity contribution in [3.63, 3.8) is 0 Å². The molecule has 0 unspecified atom stereocenters. The highest BCUT2D eigenvalue weighted by atomic mass is 35.5. The average Bonchev–Trinajstić information content (AvgIpc) is 3.25. The SMILES string of the molecule is CCCn1cc(-c2ccc(C[C@@H](CCO)NC(=O)c3ccc(OC(C)C)c(Cl)c3)cc2)nc1C(C)=O. The Morgan fingerprint density at radius 2 is 1.89 bits per heavy atom. The summed E-state index contributed by atoms with van der Waals surface area (Å²) in [6, 6.07) is 12.6. The maximum absolute atomic E-state index is 12.9. The lowest BCUT2D eigenvalue weighted by Gasteiger charge is -2.19. The van der Waals surface area contributed by atoms with E-state index in [-0.39, 0.29) is 30.4 Å². The third-order valence-electron chi connectivity index (χ3n) is 5.66. The topological polar surface area (TPSA) is 93.4 Å². The number of carbonyl (C=O) groups excluding carboxylic acids is 2. The number of aryl methyl sites for hydroxylation is 1. The highest BCUT2D eigenvalue weighted by Crippen LogP contribution is 2.27. The number of halogens is 1. The van der Waals surface area contributed by atoms with E-state index in [1.165, 1.54) is 6.92 Å². The van der Waals surface area contributed by atoms with Crippen LogP contribution in [0.4, 0.5) is 0 Å². The zero-order valence-electron chi connectivity index (χ0n) is 21.3. The van der Waals surface area contributed by atoms with Crippen LogP contribution in [-0.4, -0.2) is 45.1 Å². The predicted molar refractivity (Wildman–Crippen MR) is 142 cm³/mol. The van der Waals surface area contributed by atoms with Gasteiger partial charge >= 0.3 is 0 Å². The van der Waals surface area contributed by atoms with Gasteiger partial charge in [0.2, 0.25) is 0 Å². The smallest absolute Gasteiger partial charge is 0.251 e. The van der Waals surface area contributed by atoms with Gasteiger partial charge in [-0.05, 0) is 56.9 Å². The maximum Gasteiger partial charge on any atom is 0.251 e. The lowest BCUT2D eigenvalue weighted by Crippen LogP contribution is -2.37. The summed E-state index contributed by atoms with van der Waals surface area (Å²) in [6.07, 6.45) is 3.77. The number of amides is 1. The van der Waals surface area contributed by atoms with E-state index in [9.17, 15) is 14.7 Å². The Labute approximate surface area is 217 Å². The highest BCUT2D eigenvalue weighted by Gasteiger charge is 2.17. The Balaban J connectivity index is 1.70. The van der Waals surface area contributed by atoms with Gasteiger partial charge in [0.25, 0.3) is 5.91 Å². The summed E-state index contributed by atoms with van der Waals surface area (Å²) < 4.78 is 7.53. The lowest BCUT2D eigenvalue weighted by atomic mass is 10.0. The zero-order chi connectivity index (χ0) is 26.2. The van der Waals surface area contributed by atoms with Crippen molar-refractivity contribution in [3.05, 3.63) is 70.6 Å². The number of imidazole rings is 1. The maximum atomic E-state index is 12.9. The number of Topliss-reactive ketones (excluding diaryl/α,β-unsaturated/α-hetero) is 1. The summed E-state index contributed by atoms with van der Waals surface area (Å²) in [7, 11) is 0. The third-order valence-corrected chi connectivity index (χ3v) is 5.95. The van der Waals surface area contributed by atoms with Crippen LogP contribution in [0.1, 0.15) is 67.1 Å². The van der Waals surface area contributed by atoms with Gasteiger partial charge in [-0.2, -0.15) is 0 Å². The van der Waals surface area contributed by atoms with Crippen LogP contribution >= 0.6 is 11.6 Å². The summed E-state index contributed by atoms with van der Waals surface area (Å²) in [5.74, 6) is 0.675. The summed E-state index contributed by atoms with van der Waals surface area (Å²) in [6.45, 7) is 8.09. The Morgan fingerprint density at radius 1 is 1.17 bits per heavy atom. The second-order valence-electron chi connectivity index (χ2n) is 9.09. The number of benzene rings is 2. The number of aliphatic hydroxyl groups is 1. The average molecular weight is 512 g/mol. The van der Waals surface area contributed by atoms with Crippen LogP contribution in [0.5, 0.6) is 5.75 Å². The van der Waals surface area contributed by atoms with Crippen LogP contribution in [0.2, 0.25) is 5.02 Å². The molecule has 7 nitrogen and oxygen atoms in total. The molecule has 0 spiro atoms. The summed E-state index contributed by atoms with van der Waals surface area (Å²) in [5, 5.41) is 12.9. The van der Waals surface area contributed by atoms with E-state index in [1.807, 2.05) is 48.9 Å². The Bertz CT molecular complexity index is 1190. The number of aliphatic hydroxyl groups excluding tert-OH is 1. The van der Waals surface area contributed by atoms with E-state index in [4.69, 9.17) is 16.3 Å². The van der Waals surface area contributed by atoms with Crippen LogP contribution in [0.25, 0.3) is 11.3 Å². The fourth-order valence-electron chi connectivity index (χ4n) is 3.98. The molecule has 0 fully saturated rings. The first-order valence-electron chi connectivity index (χ1n) is 12.3. The van der Waals surface area contributed by atoms with Gasteiger partial charge in [-0.25, -0.2) is 4.98 Å². The van der Waals surface area contributed by atoms with Gasteiger partial charge in [0.15, 0.2) is 11.6 Å². The molecule has 192 valence electrons. The Kier molecular flexibility index (Phi) is 9.67. The molecule has 3 aromatic rings. The molecule has 0 saturated heterocycles. The van der Waals surface area contributed by atoms with Gasteiger partial charge < -0.3 is 19.7 Å². The number of nitrogens with one attached hydrogen (secondary N) is 1. The van der Waals surface area contributed by atoms with E-state index in [0.29, 0.717) is 35.0 Å². The predicted octanol–water partition coefficient (Wildman–Crippen LogP) is 5.33. The van der Waals surface area contributed by atoms with Crippen molar-refractivity contribution < 1.29 is 19.4 Å². The number of ether oxygens (including phenoxy) is 1. The zero-order valence-corrected chi connectivity index (χ0v) is 22.0. The molecule has 1 amide bonds. The number of carbonyl (C=O) groups is 2. The molecular weight excluding hydrogens is 478 g/mol. The first-order valence-corrected chi connectivity index (χ1v) is 12.6. The molecule has 1 aromatic heterocycles. The summed E-state index contributed by atoms with van der Waals surface area (Å²) in [4.78, 5) is 29.3. The second-order valence-corrected chi connectivity index (χ2v) is 9.50. The molecular formula is C28H34ClN3O4.